The number of hydrogen-bond acceptors (Lipinski definition) is 5. The first-order valence-corrected chi connectivity index (χ1v) is 10.5. The van der Waals surface area contributed by atoms with Crippen molar-refractivity contribution in [1.29, 1.82) is 0 Å². The number of sulfonamides is 1. The second-order valence-corrected chi connectivity index (χ2v) is 8.58. The molecule has 0 saturated carbocycles. The third-order valence-electron chi connectivity index (χ3n) is 4.24. The number of nitrogens with one attached hydrogen (secondary N) is 2. The number of morpholine rings is 1. The van der Waals surface area contributed by atoms with Gasteiger partial charge in [-0.3, -0.25) is 9.69 Å². The summed E-state index contributed by atoms with van der Waals surface area (Å²) in [6.45, 7) is 8.70. The lowest BCUT2D eigenvalue weighted by atomic mass is 10.1. The van der Waals surface area contributed by atoms with Crippen molar-refractivity contribution in [2.45, 2.75) is 25.2 Å². The van der Waals surface area contributed by atoms with Gasteiger partial charge < -0.3 is 10.1 Å². The van der Waals surface area contributed by atoms with E-state index >= 15 is 0 Å². The van der Waals surface area contributed by atoms with Gasteiger partial charge in [0.05, 0.1) is 18.1 Å². The maximum atomic E-state index is 12.5. The second-order valence-electron chi connectivity index (χ2n) is 6.82. The Morgan fingerprint density at radius 2 is 1.96 bits per heavy atom. The molecule has 8 heteroatoms. The molecule has 1 amide bonds. The second kappa shape index (κ2) is 10.0. The van der Waals surface area contributed by atoms with E-state index in [1.54, 1.807) is 12.1 Å². The van der Waals surface area contributed by atoms with Gasteiger partial charge in [-0.1, -0.05) is 19.9 Å². The van der Waals surface area contributed by atoms with Gasteiger partial charge in [0.15, 0.2) is 0 Å². The molecule has 1 aromatic carbocycles. The maximum Gasteiger partial charge on any atom is 0.251 e. The molecule has 1 fully saturated rings. The Hall–Kier alpha value is -1.48. The Morgan fingerprint density at radius 3 is 2.65 bits per heavy atom. The van der Waals surface area contributed by atoms with Crippen LogP contribution >= 0.6 is 0 Å². The molecule has 0 spiro atoms. The Morgan fingerprint density at radius 1 is 1.23 bits per heavy atom. The maximum absolute atomic E-state index is 12.5. The van der Waals surface area contributed by atoms with Crippen LogP contribution in [0.25, 0.3) is 0 Å². The molecule has 146 valence electrons. The molecule has 2 rings (SSSR count). The van der Waals surface area contributed by atoms with Gasteiger partial charge in [0.2, 0.25) is 10.0 Å². The first-order chi connectivity index (χ1) is 12.4. The van der Waals surface area contributed by atoms with Crippen LogP contribution in [0, 0.1) is 5.92 Å². The van der Waals surface area contributed by atoms with E-state index in [-0.39, 0.29) is 10.8 Å². The smallest absolute Gasteiger partial charge is 0.251 e. The minimum atomic E-state index is -3.64. The van der Waals surface area contributed by atoms with Crippen molar-refractivity contribution in [2.75, 3.05) is 45.9 Å². The molecule has 0 bridgehead atoms. The Bertz CT molecular complexity index is 685. The van der Waals surface area contributed by atoms with E-state index in [2.05, 4.69) is 28.8 Å². The largest absolute Gasteiger partial charge is 0.379 e. The van der Waals surface area contributed by atoms with E-state index in [1.165, 1.54) is 12.1 Å². The molecule has 1 saturated heterocycles. The van der Waals surface area contributed by atoms with Crippen LogP contribution in [0.3, 0.4) is 0 Å². The predicted octanol–water partition coefficient (Wildman–Crippen LogP) is 1.07. The molecule has 7 nitrogen and oxygen atoms in total. The molecule has 0 aliphatic carbocycles. The molecule has 0 unspecified atom stereocenters. The van der Waals surface area contributed by atoms with Crippen LogP contribution in [0.15, 0.2) is 29.2 Å². The molecule has 26 heavy (non-hydrogen) atoms. The van der Waals surface area contributed by atoms with Gasteiger partial charge in [0, 0.05) is 38.3 Å². The van der Waals surface area contributed by atoms with E-state index in [9.17, 15) is 13.2 Å². The molecule has 0 radical (unpaired) electrons. The van der Waals surface area contributed by atoms with Crippen molar-refractivity contribution in [1.82, 2.24) is 14.9 Å². The molecule has 1 heterocycles. The highest BCUT2D eigenvalue weighted by atomic mass is 32.2. The minimum Gasteiger partial charge on any atom is -0.379 e. The standard InChI is InChI=1S/C18H29N3O4S/c1-15(2)6-7-19-18(22)16-4-3-5-17(14-16)26(23,24)20-8-9-21-10-12-25-13-11-21/h3-5,14-15,20H,6-13H2,1-2H3,(H,19,22). The summed E-state index contributed by atoms with van der Waals surface area (Å²) < 4.78 is 32.8. The fourth-order valence-electron chi connectivity index (χ4n) is 2.63. The fraction of sp³-hybridized carbons (Fsp3) is 0.611. The van der Waals surface area contributed by atoms with Gasteiger partial charge in [-0.15, -0.1) is 0 Å². The van der Waals surface area contributed by atoms with Gasteiger partial charge >= 0.3 is 0 Å². The highest BCUT2D eigenvalue weighted by Gasteiger charge is 2.17. The lowest BCUT2D eigenvalue weighted by molar-refractivity contribution is 0.0390. The summed E-state index contributed by atoms with van der Waals surface area (Å²) in [5.41, 5.74) is 0.352. The van der Waals surface area contributed by atoms with Crippen molar-refractivity contribution >= 4 is 15.9 Å². The van der Waals surface area contributed by atoms with Crippen LogP contribution in [0.2, 0.25) is 0 Å². The Kier molecular flexibility index (Phi) is 8.02. The minimum absolute atomic E-state index is 0.107. The number of amides is 1. The number of nitrogens with zero attached hydrogens (tertiary/aromatic N) is 1. The highest BCUT2D eigenvalue weighted by molar-refractivity contribution is 7.89. The summed E-state index contributed by atoms with van der Waals surface area (Å²) in [5, 5.41) is 2.82. The topological polar surface area (TPSA) is 87.7 Å². The third-order valence-corrected chi connectivity index (χ3v) is 5.70. The van der Waals surface area contributed by atoms with Crippen molar-refractivity contribution in [3.05, 3.63) is 29.8 Å². The van der Waals surface area contributed by atoms with Crippen molar-refractivity contribution < 1.29 is 17.9 Å². The summed E-state index contributed by atoms with van der Waals surface area (Å²) >= 11 is 0. The average Bonchev–Trinajstić information content (AvgIpc) is 2.62. The summed E-state index contributed by atoms with van der Waals surface area (Å²) in [6, 6.07) is 6.13. The van der Waals surface area contributed by atoms with Crippen LogP contribution in [-0.4, -0.2) is 65.2 Å². The van der Waals surface area contributed by atoms with E-state index in [0.717, 1.165) is 19.5 Å². The SMILES string of the molecule is CC(C)CCNC(=O)c1cccc(S(=O)(=O)NCCN2CCOCC2)c1. The molecule has 2 N–H and O–H groups in total. The lowest BCUT2D eigenvalue weighted by Crippen LogP contribution is -2.41. The summed E-state index contributed by atoms with van der Waals surface area (Å²) in [4.78, 5) is 14.4. The van der Waals surface area contributed by atoms with Crippen LogP contribution < -0.4 is 10.0 Å². The summed E-state index contributed by atoms with van der Waals surface area (Å²) in [5.74, 6) is 0.244. The quantitative estimate of drug-likeness (QED) is 0.666. The molecular weight excluding hydrogens is 354 g/mol. The number of hydrogen-bond donors (Lipinski definition) is 2. The predicted molar refractivity (Wildman–Crippen MR) is 101 cm³/mol. The van der Waals surface area contributed by atoms with Gasteiger partial charge in [0.1, 0.15) is 0 Å². The summed E-state index contributed by atoms with van der Waals surface area (Å²) in [6.07, 6.45) is 0.882. The third kappa shape index (κ3) is 6.68. The Labute approximate surface area is 156 Å². The van der Waals surface area contributed by atoms with E-state index in [4.69, 9.17) is 4.74 Å². The molecule has 1 aliphatic heterocycles. The lowest BCUT2D eigenvalue weighted by Gasteiger charge is -2.26. The number of benzene rings is 1. The van der Waals surface area contributed by atoms with Crippen LogP contribution in [0.5, 0.6) is 0 Å². The van der Waals surface area contributed by atoms with Crippen LogP contribution in [-0.2, 0) is 14.8 Å². The number of carbonyl (C=O) groups is 1. The van der Waals surface area contributed by atoms with Crippen LogP contribution in [0.1, 0.15) is 30.6 Å². The molecular formula is C18H29N3O4S. The van der Waals surface area contributed by atoms with E-state index in [1.807, 2.05) is 0 Å². The summed E-state index contributed by atoms with van der Waals surface area (Å²) in [7, 11) is -3.64. The number of rotatable bonds is 9. The average molecular weight is 384 g/mol. The first-order valence-electron chi connectivity index (χ1n) is 9.06. The molecule has 1 aromatic rings. The van der Waals surface area contributed by atoms with Gasteiger partial charge in [-0.05, 0) is 30.5 Å². The normalized spacial score (nSPS) is 16.0. The molecule has 1 aliphatic rings. The number of ether oxygens (including phenoxy) is 1. The van der Waals surface area contributed by atoms with Gasteiger partial charge in [-0.2, -0.15) is 0 Å². The zero-order valence-electron chi connectivity index (χ0n) is 15.5. The van der Waals surface area contributed by atoms with Gasteiger partial charge in [0.25, 0.3) is 5.91 Å². The van der Waals surface area contributed by atoms with E-state index < -0.39 is 10.0 Å². The number of carbonyl (C=O) groups excluding carboxylic acids is 1. The zero-order valence-corrected chi connectivity index (χ0v) is 16.3. The first kappa shape index (κ1) is 20.8. The monoisotopic (exact) mass is 383 g/mol. The van der Waals surface area contributed by atoms with Crippen molar-refractivity contribution in [3.63, 3.8) is 0 Å². The highest BCUT2D eigenvalue weighted by Crippen LogP contribution is 2.12. The van der Waals surface area contributed by atoms with Crippen LogP contribution in [0.4, 0.5) is 0 Å². The van der Waals surface area contributed by atoms with Crippen molar-refractivity contribution in [2.24, 2.45) is 5.92 Å². The zero-order chi connectivity index (χ0) is 19.0. The fourth-order valence-corrected chi connectivity index (χ4v) is 3.69. The Balaban J connectivity index is 1.90. The van der Waals surface area contributed by atoms with Gasteiger partial charge in [-0.25, -0.2) is 13.1 Å². The van der Waals surface area contributed by atoms with E-state index in [0.29, 0.717) is 44.3 Å². The van der Waals surface area contributed by atoms with Crippen molar-refractivity contribution in [3.8, 4) is 0 Å². The molecule has 0 aromatic heterocycles. The molecule has 0 atom stereocenters.